The highest BCUT2D eigenvalue weighted by Gasteiger charge is 2.21. The fourth-order valence-electron chi connectivity index (χ4n) is 3.40. The maximum absolute atomic E-state index is 13.0. The first-order chi connectivity index (χ1) is 12.6. The highest BCUT2D eigenvalue weighted by atomic mass is 32.2. The van der Waals surface area contributed by atoms with Gasteiger partial charge in [0, 0.05) is 22.7 Å². The number of fused-ring (bicyclic) bond motifs is 2. The van der Waals surface area contributed by atoms with E-state index in [2.05, 4.69) is 35.4 Å². The van der Waals surface area contributed by atoms with Crippen LogP contribution in [-0.2, 0) is 25.1 Å². The van der Waals surface area contributed by atoms with Gasteiger partial charge in [0.2, 0.25) is 5.43 Å². The van der Waals surface area contributed by atoms with Gasteiger partial charge in [0.15, 0.2) is 5.16 Å². The molecule has 4 rings (SSSR count). The lowest BCUT2D eigenvalue weighted by Crippen LogP contribution is -2.15. The Morgan fingerprint density at radius 1 is 1.27 bits per heavy atom. The van der Waals surface area contributed by atoms with Crippen LogP contribution in [-0.4, -0.2) is 9.55 Å². The van der Waals surface area contributed by atoms with Crippen LogP contribution in [0.25, 0.3) is 10.3 Å². The van der Waals surface area contributed by atoms with E-state index in [9.17, 15) is 4.79 Å². The third kappa shape index (κ3) is 3.38. The Balaban J connectivity index is 1.79. The molecule has 0 amide bonds. The van der Waals surface area contributed by atoms with Gasteiger partial charge in [-0.05, 0) is 38.2 Å². The topological polar surface area (TPSA) is 34.9 Å². The predicted molar refractivity (Wildman–Crippen MR) is 111 cm³/mol. The summed E-state index contributed by atoms with van der Waals surface area (Å²) in [7, 11) is 0. The van der Waals surface area contributed by atoms with E-state index in [0.717, 1.165) is 46.1 Å². The molecule has 0 atom stereocenters. The van der Waals surface area contributed by atoms with E-state index in [0.29, 0.717) is 12.1 Å². The second-order valence-electron chi connectivity index (χ2n) is 6.91. The van der Waals surface area contributed by atoms with Crippen LogP contribution in [0.3, 0.4) is 0 Å². The molecule has 0 saturated carbocycles. The van der Waals surface area contributed by atoms with Gasteiger partial charge < -0.3 is 4.57 Å². The Hall–Kier alpha value is -1.85. The molecule has 0 unspecified atom stereocenters. The zero-order chi connectivity index (χ0) is 18.1. The second kappa shape index (κ2) is 7.41. The molecule has 0 aliphatic heterocycles. The van der Waals surface area contributed by atoms with E-state index in [-0.39, 0.29) is 5.43 Å². The third-order valence-electron chi connectivity index (χ3n) is 4.65. The van der Waals surface area contributed by atoms with Gasteiger partial charge in [0.1, 0.15) is 10.3 Å². The minimum Gasteiger partial charge on any atom is -0.306 e. The van der Waals surface area contributed by atoms with Crippen LogP contribution in [0, 0.1) is 0 Å². The molecule has 0 saturated heterocycles. The molecule has 2 aromatic heterocycles. The molecule has 0 fully saturated rings. The number of hydrogen-bond acceptors (Lipinski definition) is 4. The van der Waals surface area contributed by atoms with Gasteiger partial charge >= 0.3 is 0 Å². The molecule has 3 aromatic rings. The predicted octanol–water partition coefficient (Wildman–Crippen LogP) is 5.21. The maximum Gasteiger partial charge on any atom is 0.211 e. The van der Waals surface area contributed by atoms with Crippen LogP contribution < -0.4 is 5.43 Å². The summed E-state index contributed by atoms with van der Waals surface area (Å²) < 4.78 is 2.19. The molecule has 0 radical (unpaired) electrons. The van der Waals surface area contributed by atoms with Crippen LogP contribution in [0.15, 0.2) is 52.4 Å². The lowest BCUT2D eigenvalue weighted by Gasteiger charge is -2.14. The maximum atomic E-state index is 13.0. The van der Waals surface area contributed by atoms with Crippen molar-refractivity contribution in [2.75, 3.05) is 0 Å². The Bertz CT molecular complexity index is 1020. The van der Waals surface area contributed by atoms with Crippen molar-refractivity contribution in [3.05, 3.63) is 68.7 Å². The smallest absolute Gasteiger partial charge is 0.211 e. The minimum atomic E-state index is 0.149. The van der Waals surface area contributed by atoms with E-state index < -0.39 is 0 Å². The summed E-state index contributed by atoms with van der Waals surface area (Å²) in [6.45, 7) is 6.81. The summed E-state index contributed by atoms with van der Waals surface area (Å²) in [5.41, 5.74) is 4.14. The Kier molecular flexibility index (Phi) is 5.00. The molecule has 26 heavy (non-hydrogen) atoms. The molecule has 3 nitrogen and oxygen atoms in total. The summed E-state index contributed by atoms with van der Waals surface area (Å²) >= 11 is 3.46. The molecule has 134 valence electrons. The van der Waals surface area contributed by atoms with E-state index in [1.54, 1.807) is 23.1 Å². The first kappa shape index (κ1) is 17.6. The summed E-state index contributed by atoms with van der Waals surface area (Å²) in [5, 5.41) is 0.919. The van der Waals surface area contributed by atoms with Crippen molar-refractivity contribution in [2.24, 2.45) is 0 Å². The number of thioether (sulfide) groups is 1. The van der Waals surface area contributed by atoms with Gasteiger partial charge in [-0.25, -0.2) is 4.98 Å². The van der Waals surface area contributed by atoms with Gasteiger partial charge in [-0.2, -0.15) is 0 Å². The van der Waals surface area contributed by atoms with Crippen LogP contribution in [0.4, 0.5) is 0 Å². The van der Waals surface area contributed by atoms with Crippen molar-refractivity contribution >= 4 is 33.4 Å². The number of allylic oxidation sites excluding steroid dienone is 1. The summed E-state index contributed by atoms with van der Waals surface area (Å²) in [6.07, 6.45) is 4.22. The van der Waals surface area contributed by atoms with Crippen LogP contribution in [0.2, 0.25) is 0 Å². The number of aryl methyl sites for hydroxylation is 1. The summed E-state index contributed by atoms with van der Waals surface area (Å²) in [5.74, 6) is 0.846. The fraction of sp³-hybridized carbons (Fsp3) is 0.333. The number of rotatable bonds is 5. The zero-order valence-electron chi connectivity index (χ0n) is 15.0. The molecular formula is C21H22N2OS2. The minimum absolute atomic E-state index is 0.149. The molecule has 0 spiro atoms. The number of imidazole rings is 1. The highest BCUT2D eigenvalue weighted by molar-refractivity contribution is 7.98. The van der Waals surface area contributed by atoms with Gasteiger partial charge in [-0.3, -0.25) is 4.79 Å². The van der Waals surface area contributed by atoms with Crippen molar-refractivity contribution in [3.8, 4) is 0 Å². The van der Waals surface area contributed by atoms with Gasteiger partial charge in [-0.1, -0.05) is 54.2 Å². The molecule has 5 heteroatoms. The lowest BCUT2D eigenvalue weighted by molar-refractivity contribution is 0.692. The average Bonchev–Trinajstić information content (AvgIpc) is 2.98. The van der Waals surface area contributed by atoms with Gasteiger partial charge in [0.25, 0.3) is 0 Å². The molecule has 0 N–H and O–H groups in total. The number of benzene rings is 1. The van der Waals surface area contributed by atoms with Crippen molar-refractivity contribution in [2.45, 2.75) is 50.1 Å². The highest BCUT2D eigenvalue weighted by Crippen LogP contribution is 2.32. The van der Waals surface area contributed by atoms with E-state index >= 15 is 0 Å². The quantitative estimate of drug-likeness (QED) is 0.449. The van der Waals surface area contributed by atoms with Crippen molar-refractivity contribution in [1.29, 1.82) is 0 Å². The van der Waals surface area contributed by atoms with Crippen LogP contribution >= 0.6 is 23.1 Å². The van der Waals surface area contributed by atoms with Crippen molar-refractivity contribution < 1.29 is 0 Å². The molecule has 1 aliphatic rings. The SMILES string of the molecule is C=C(C)Cn1c(SCc2ccccc2)nc2c(=O)c3c(sc21)CCCC3. The third-order valence-corrected chi connectivity index (χ3v) is 7.00. The molecule has 1 aromatic carbocycles. The fourth-order valence-corrected chi connectivity index (χ4v) is 5.71. The average molecular weight is 383 g/mol. The lowest BCUT2D eigenvalue weighted by atomic mass is 9.98. The molecular weight excluding hydrogens is 360 g/mol. The van der Waals surface area contributed by atoms with Crippen molar-refractivity contribution in [3.63, 3.8) is 0 Å². The number of nitrogens with zero attached hydrogens (tertiary/aromatic N) is 2. The first-order valence-corrected chi connectivity index (χ1v) is 10.8. The molecule has 2 heterocycles. The van der Waals surface area contributed by atoms with Crippen molar-refractivity contribution in [1.82, 2.24) is 9.55 Å². The number of aromatic nitrogens is 2. The van der Waals surface area contributed by atoms with Gasteiger partial charge in [-0.15, -0.1) is 11.3 Å². The van der Waals surface area contributed by atoms with Crippen LogP contribution in [0.5, 0.6) is 0 Å². The Labute approximate surface area is 161 Å². The Morgan fingerprint density at radius 2 is 2.04 bits per heavy atom. The number of hydrogen-bond donors (Lipinski definition) is 0. The van der Waals surface area contributed by atoms with Gasteiger partial charge in [0.05, 0.1) is 0 Å². The monoisotopic (exact) mass is 382 g/mol. The first-order valence-electron chi connectivity index (χ1n) is 8.99. The zero-order valence-corrected chi connectivity index (χ0v) is 16.6. The van der Waals surface area contributed by atoms with E-state index in [4.69, 9.17) is 4.98 Å². The Morgan fingerprint density at radius 3 is 2.81 bits per heavy atom. The standard InChI is InChI=1S/C21H22N2OS2/c1-14(2)12-23-20-18(19(24)16-10-6-7-11-17(16)26-20)22-21(23)25-13-15-8-4-3-5-9-15/h3-5,8-9H,1,6-7,10-13H2,2H3. The summed E-state index contributed by atoms with van der Waals surface area (Å²) in [6, 6.07) is 10.4. The van der Waals surface area contributed by atoms with E-state index in [1.807, 2.05) is 13.0 Å². The second-order valence-corrected chi connectivity index (χ2v) is 8.93. The van der Waals surface area contributed by atoms with E-state index in [1.165, 1.54) is 16.9 Å². The van der Waals surface area contributed by atoms with Crippen LogP contribution in [0.1, 0.15) is 35.8 Å². The largest absolute Gasteiger partial charge is 0.306 e. The molecule has 1 aliphatic carbocycles. The summed E-state index contributed by atoms with van der Waals surface area (Å²) in [4.78, 5) is 20.0. The molecule has 0 bridgehead atoms. The normalized spacial score (nSPS) is 13.7.